The minimum absolute atomic E-state index is 0.0143. The number of likely N-dealkylation sites (tertiary alicyclic amines) is 2. The van der Waals surface area contributed by atoms with Gasteiger partial charge in [0.05, 0.1) is 11.6 Å². The number of nitrogens with zero attached hydrogens (tertiary/aromatic N) is 2. The van der Waals surface area contributed by atoms with E-state index in [1.807, 2.05) is 31.7 Å². The first-order chi connectivity index (χ1) is 17.4. The standard InChI is InChI=1S/C29H33F3N2O3/c1-28(2,3)37-27(36)33-13-10-19(11-14-33)26(35)34-15-12-21-17-25(34)24-16-20(6-9-23(21)24)18-4-7-22(8-5-18)29(30,31)32/h4-9,16,19,21,25H,10-15,17H2,1-3H3. The highest BCUT2D eigenvalue weighted by Gasteiger charge is 2.43. The lowest BCUT2D eigenvalue weighted by atomic mass is 9.91. The van der Waals surface area contributed by atoms with Crippen molar-refractivity contribution in [1.82, 2.24) is 9.80 Å². The van der Waals surface area contributed by atoms with Gasteiger partial charge in [0, 0.05) is 25.6 Å². The van der Waals surface area contributed by atoms with Gasteiger partial charge in [0.1, 0.15) is 5.60 Å². The molecule has 0 N–H and O–H groups in total. The van der Waals surface area contributed by atoms with Gasteiger partial charge < -0.3 is 14.5 Å². The summed E-state index contributed by atoms with van der Waals surface area (Å²) in [5.74, 6) is 0.414. The van der Waals surface area contributed by atoms with E-state index in [4.69, 9.17) is 4.74 Å². The van der Waals surface area contributed by atoms with E-state index in [0.717, 1.165) is 41.7 Å². The molecular weight excluding hydrogens is 481 g/mol. The minimum Gasteiger partial charge on any atom is -0.444 e. The van der Waals surface area contributed by atoms with E-state index in [1.165, 1.54) is 17.7 Å². The van der Waals surface area contributed by atoms with Crippen molar-refractivity contribution in [1.29, 1.82) is 0 Å². The van der Waals surface area contributed by atoms with Gasteiger partial charge in [-0.05, 0) is 92.8 Å². The molecule has 2 heterocycles. The van der Waals surface area contributed by atoms with Crippen LogP contribution in [0, 0.1) is 5.92 Å². The predicted molar refractivity (Wildman–Crippen MR) is 134 cm³/mol. The van der Waals surface area contributed by atoms with E-state index in [1.54, 1.807) is 4.90 Å². The molecule has 2 atom stereocenters. The van der Waals surface area contributed by atoms with Crippen LogP contribution in [0.3, 0.4) is 0 Å². The zero-order chi connectivity index (χ0) is 26.5. The third-order valence-electron chi connectivity index (χ3n) is 7.81. The lowest BCUT2D eigenvalue weighted by Crippen LogP contribution is -2.47. The number of carbonyl (C=O) groups is 2. The zero-order valence-electron chi connectivity index (χ0n) is 21.5. The maximum atomic E-state index is 13.6. The van der Waals surface area contributed by atoms with Crippen molar-refractivity contribution < 1.29 is 27.5 Å². The Morgan fingerprint density at radius 3 is 2.14 bits per heavy atom. The highest BCUT2D eigenvalue weighted by molar-refractivity contribution is 5.81. The quantitative estimate of drug-likeness (QED) is 0.444. The van der Waals surface area contributed by atoms with Crippen LogP contribution in [0.4, 0.5) is 18.0 Å². The minimum atomic E-state index is -4.36. The average Bonchev–Trinajstić information content (AvgIpc) is 3.13. The fourth-order valence-electron chi connectivity index (χ4n) is 5.94. The van der Waals surface area contributed by atoms with Crippen LogP contribution in [0.25, 0.3) is 11.1 Å². The van der Waals surface area contributed by atoms with E-state index in [2.05, 4.69) is 12.1 Å². The third kappa shape index (κ3) is 5.20. The number of piperidine rings is 2. The van der Waals surface area contributed by atoms with Gasteiger partial charge >= 0.3 is 12.3 Å². The summed E-state index contributed by atoms with van der Waals surface area (Å²) in [6, 6.07) is 11.3. The summed E-state index contributed by atoms with van der Waals surface area (Å²) in [6.07, 6.45) is -1.68. The number of hydrogen-bond acceptors (Lipinski definition) is 3. The molecule has 5 nitrogen and oxygen atoms in total. The molecule has 8 heteroatoms. The molecule has 0 spiro atoms. The molecule has 2 amide bonds. The number of fused-ring (bicyclic) bond motifs is 5. The number of carbonyl (C=O) groups excluding carboxylic acids is 2. The number of rotatable bonds is 2. The number of alkyl halides is 3. The van der Waals surface area contributed by atoms with Gasteiger partial charge in [-0.1, -0.05) is 24.3 Å². The van der Waals surface area contributed by atoms with Crippen LogP contribution < -0.4 is 0 Å². The molecule has 2 aromatic carbocycles. The molecule has 0 aromatic heterocycles. The molecule has 2 aromatic rings. The van der Waals surface area contributed by atoms with Crippen molar-refractivity contribution >= 4 is 12.0 Å². The van der Waals surface area contributed by atoms with Crippen LogP contribution in [0.2, 0.25) is 0 Å². The molecule has 2 aliphatic heterocycles. The summed E-state index contributed by atoms with van der Waals surface area (Å²) in [7, 11) is 0. The van der Waals surface area contributed by atoms with E-state index in [9.17, 15) is 22.8 Å². The summed E-state index contributed by atoms with van der Waals surface area (Å²) < 4.78 is 44.4. The second-order valence-corrected chi connectivity index (χ2v) is 11.4. The largest absolute Gasteiger partial charge is 0.444 e. The fraction of sp³-hybridized carbons (Fsp3) is 0.517. The Balaban J connectivity index is 1.29. The Morgan fingerprint density at radius 2 is 1.51 bits per heavy atom. The van der Waals surface area contributed by atoms with Crippen LogP contribution in [-0.2, 0) is 15.7 Å². The van der Waals surface area contributed by atoms with Gasteiger partial charge in [-0.3, -0.25) is 4.79 Å². The average molecular weight is 515 g/mol. The first-order valence-corrected chi connectivity index (χ1v) is 13.0. The molecule has 2 unspecified atom stereocenters. The zero-order valence-corrected chi connectivity index (χ0v) is 21.5. The molecular formula is C29H33F3N2O3. The normalized spacial score (nSPS) is 22.1. The predicted octanol–water partition coefficient (Wildman–Crippen LogP) is 6.78. The second-order valence-electron chi connectivity index (χ2n) is 11.4. The summed E-state index contributed by atoms with van der Waals surface area (Å²) >= 11 is 0. The van der Waals surface area contributed by atoms with Crippen molar-refractivity contribution in [2.24, 2.45) is 5.92 Å². The van der Waals surface area contributed by atoms with Crippen LogP contribution >= 0.6 is 0 Å². The summed E-state index contributed by atoms with van der Waals surface area (Å²) in [5, 5.41) is 0. The highest BCUT2D eigenvalue weighted by Crippen LogP contribution is 2.50. The maximum absolute atomic E-state index is 13.6. The van der Waals surface area contributed by atoms with E-state index < -0.39 is 17.3 Å². The Morgan fingerprint density at radius 1 is 0.865 bits per heavy atom. The van der Waals surface area contributed by atoms with Crippen molar-refractivity contribution in [3.8, 4) is 11.1 Å². The van der Waals surface area contributed by atoms with Gasteiger partial charge in [0.25, 0.3) is 0 Å². The second kappa shape index (κ2) is 9.37. The first-order valence-electron chi connectivity index (χ1n) is 13.0. The Kier molecular flexibility index (Phi) is 6.49. The lowest BCUT2D eigenvalue weighted by Gasteiger charge is -2.39. The molecule has 0 radical (unpaired) electrons. The van der Waals surface area contributed by atoms with E-state index in [0.29, 0.717) is 38.4 Å². The molecule has 5 rings (SSSR count). The molecule has 2 saturated heterocycles. The number of hydrogen-bond donors (Lipinski definition) is 0. The van der Waals surface area contributed by atoms with Gasteiger partial charge in [-0.25, -0.2) is 4.79 Å². The number of benzene rings is 2. The Hall–Kier alpha value is -3.03. The molecule has 0 saturated carbocycles. The van der Waals surface area contributed by atoms with Crippen LogP contribution in [0.1, 0.15) is 75.1 Å². The Labute approximate surface area is 215 Å². The van der Waals surface area contributed by atoms with Crippen molar-refractivity contribution in [2.45, 2.75) is 70.2 Å². The van der Waals surface area contributed by atoms with E-state index in [-0.39, 0.29) is 24.0 Å². The molecule has 3 aliphatic rings. The summed E-state index contributed by atoms with van der Waals surface area (Å²) in [6.45, 7) is 7.22. The van der Waals surface area contributed by atoms with Crippen molar-refractivity contribution in [2.75, 3.05) is 19.6 Å². The van der Waals surface area contributed by atoms with Crippen LogP contribution in [-0.4, -0.2) is 47.0 Å². The third-order valence-corrected chi connectivity index (χ3v) is 7.81. The Bertz CT molecular complexity index is 1180. The van der Waals surface area contributed by atoms with Crippen molar-refractivity contribution in [3.63, 3.8) is 0 Å². The van der Waals surface area contributed by atoms with Crippen molar-refractivity contribution in [3.05, 3.63) is 59.2 Å². The first kappa shape index (κ1) is 25.6. The van der Waals surface area contributed by atoms with Crippen LogP contribution in [0.5, 0.6) is 0 Å². The molecule has 1 aliphatic carbocycles. The molecule has 2 bridgehead atoms. The lowest BCUT2D eigenvalue weighted by molar-refractivity contribution is -0.141. The van der Waals surface area contributed by atoms with Gasteiger partial charge in [0.15, 0.2) is 0 Å². The highest BCUT2D eigenvalue weighted by atomic mass is 19.4. The summed E-state index contributed by atoms with van der Waals surface area (Å²) in [5.41, 5.74) is 2.73. The van der Waals surface area contributed by atoms with Gasteiger partial charge in [-0.2, -0.15) is 13.2 Å². The fourth-order valence-corrected chi connectivity index (χ4v) is 5.94. The van der Waals surface area contributed by atoms with Gasteiger partial charge in [-0.15, -0.1) is 0 Å². The topological polar surface area (TPSA) is 49.9 Å². The SMILES string of the molecule is CC(C)(C)OC(=O)N1CCC(C(=O)N2CCC3CC2c2cc(-c4ccc(C(F)(F)F)cc4)ccc23)CC1. The maximum Gasteiger partial charge on any atom is 0.416 e. The molecule has 2 fully saturated rings. The van der Waals surface area contributed by atoms with Crippen LogP contribution in [0.15, 0.2) is 42.5 Å². The van der Waals surface area contributed by atoms with Gasteiger partial charge in [0.2, 0.25) is 5.91 Å². The molecule has 37 heavy (non-hydrogen) atoms. The number of amides is 2. The number of halogens is 3. The number of ether oxygens (including phenoxy) is 1. The molecule has 198 valence electrons. The van der Waals surface area contributed by atoms with E-state index >= 15 is 0 Å². The monoisotopic (exact) mass is 514 g/mol. The summed E-state index contributed by atoms with van der Waals surface area (Å²) in [4.78, 5) is 29.7. The smallest absolute Gasteiger partial charge is 0.416 e.